The number of oxazole rings is 1. The fourth-order valence-corrected chi connectivity index (χ4v) is 1.47. The SMILES string of the molecule is CNCCc1nc2cc(Cl)c(F)cc2o1. The maximum absolute atomic E-state index is 13.1. The molecule has 1 heterocycles. The summed E-state index contributed by atoms with van der Waals surface area (Å²) in [7, 11) is 1.85. The number of rotatable bonds is 3. The number of hydrogen-bond donors (Lipinski definition) is 1. The minimum atomic E-state index is -0.486. The summed E-state index contributed by atoms with van der Waals surface area (Å²) in [5, 5.41) is 3.05. The summed E-state index contributed by atoms with van der Waals surface area (Å²) in [6.07, 6.45) is 0.671. The van der Waals surface area contributed by atoms with Crippen molar-refractivity contribution in [2.75, 3.05) is 13.6 Å². The van der Waals surface area contributed by atoms with Crippen LogP contribution in [0, 0.1) is 5.82 Å². The number of nitrogens with one attached hydrogen (secondary N) is 1. The lowest BCUT2D eigenvalue weighted by molar-refractivity contribution is 0.520. The molecule has 0 spiro atoms. The second-order valence-electron chi connectivity index (χ2n) is 3.20. The Morgan fingerprint density at radius 1 is 1.53 bits per heavy atom. The van der Waals surface area contributed by atoms with E-state index in [0.29, 0.717) is 23.4 Å². The molecule has 0 aliphatic heterocycles. The van der Waals surface area contributed by atoms with Gasteiger partial charge in [-0.2, -0.15) is 0 Å². The predicted octanol–water partition coefficient (Wildman–Crippen LogP) is 2.38. The lowest BCUT2D eigenvalue weighted by Crippen LogP contribution is -2.10. The number of nitrogens with zero attached hydrogens (tertiary/aromatic N) is 1. The number of aromatic nitrogens is 1. The van der Waals surface area contributed by atoms with Gasteiger partial charge in [0.25, 0.3) is 0 Å². The zero-order valence-corrected chi connectivity index (χ0v) is 8.94. The molecule has 1 aromatic heterocycles. The fraction of sp³-hybridized carbons (Fsp3) is 0.300. The van der Waals surface area contributed by atoms with Crippen LogP contribution in [0.2, 0.25) is 5.02 Å². The third-order valence-electron chi connectivity index (χ3n) is 2.06. The number of fused-ring (bicyclic) bond motifs is 1. The summed E-state index contributed by atoms with van der Waals surface area (Å²) in [6.45, 7) is 0.767. The lowest BCUT2D eigenvalue weighted by atomic mass is 10.3. The number of halogens is 2. The maximum atomic E-state index is 13.1. The minimum absolute atomic E-state index is 0.0657. The third-order valence-corrected chi connectivity index (χ3v) is 2.35. The smallest absolute Gasteiger partial charge is 0.196 e. The van der Waals surface area contributed by atoms with Crippen LogP contribution in [0.3, 0.4) is 0 Å². The summed E-state index contributed by atoms with van der Waals surface area (Å²) in [5.74, 6) is 0.0986. The first-order valence-electron chi connectivity index (χ1n) is 4.60. The molecular formula is C10H10ClFN2O. The number of benzene rings is 1. The molecule has 0 fully saturated rings. The highest BCUT2D eigenvalue weighted by Gasteiger charge is 2.09. The molecular weight excluding hydrogens is 219 g/mol. The van der Waals surface area contributed by atoms with Crippen LogP contribution in [0.25, 0.3) is 11.1 Å². The molecule has 0 saturated carbocycles. The topological polar surface area (TPSA) is 38.1 Å². The molecule has 0 atom stereocenters. The van der Waals surface area contributed by atoms with Crippen LogP contribution in [0.4, 0.5) is 4.39 Å². The Kier molecular flexibility index (Phi) is 2.88. The normalized spacial score (nSPS) is 11.1. The van der Waals surface area contributed by atoms with Crippen molar-refractivity contribution in [3.05, 3.63) is 28.9 Å². The quantitative estimate of drug-likeness (QED) is 0.877. The molecule has 0 bridgehead atoms. The standard InChI is InChI=1S/C10H10ClFN2O/c1-13-3-2-10-14-8-4-6(11)7(12)5-9(8)15-10/h4-5,13H,2-3H2,1H3. The Hall–Kier alpha value is -1.13. The third kappa shape index (κ3) is 2.11. The molecule has 1 aromatic carbocycles. The van der Waals surface area contributed by atoms with Crippen molar-refractivity contribution in [3.63, 3.8) is 0 Å². The van der Waals surface area contributed by atoms with Crippen LogP contribution in [-0.4, -0.2) is 18.6 Å². The Bertz CT molecular complexity index is 444. The van der Waals surface area contributed by atoms with E-state index < -0.39 is 5.82 Å². The van der Waals surface area contributed by atoms with Gasteiger partial charge in [0.2, 0.25) is 0 Å². The molecule has 0 amide bonds. The highest BCUT2D eigenvalue weighted by atomic mass is 35.5. The average Bonchev–Trinajstić information content (AvgIpc) is 2.58. The summed E-state index contributed by atoms with van der Waals surface area (Å²) in [6, 6.07) is 2.73. The zero-order valence-electron chi connectivity index (χ0n) is 8.18. The van der Waals surface area contributed by atoms with E-state index in [0.717, 1.165) is 6.54 Å². The Balaban J connectivity index is 2.38. The van der Waals surface area contributed by atoms with Gasteiger partial charge in [-0.3, -0.25) is 0 Å². The van der Waals surface area contributed by atoms with Crippen LogP contribution in [0.1, 0.15) is 5.89 Å². The van der Waals surface area contributed by atoms with E-state index in [-0.39, 0.29) is 5.02 Å². The second-order valence-corrected chi connectivity index (χ2v) is 3.60. The van der Waals surface area contributed by atoms with Gasteiger partial charge in [0, 0.05) is 19.0 Å². The molecule has 3 nitrogen and oxygen atoms in total. The monoisotopic (exact) mass is 228 g/mol. The minimum Gasteiger partial charge on any atom is -0.441 e. The zero-order chi connectivity index (χ0) is 10.8. The van der Waals surface area contributed by atoms with Crippen LogP contribution in [0.5, 0.6) is 0 Å². The highest BCUT2D eigenvalue weighted by Crippen LogP contribution is 2.23. The van der Waals surface area contributed by atoms with E-state index in [1.165, 1.54) is 12.1 Å². The van der Waals surface area contributed by atoms with Crippen LogP contribution in [-0.2, 0) is 6.42 Å². The number of hydrogen-bond acceptors (Lipinski definition) is 3. The van der Waals surface area contributed by atoms with Gasteiger partial charge in [-0.1, -0.05) is 11.6 Å². The van der Waals surface area contributed by atoms with Gasteiger partial charge in [0.15, 0.2) is 11.5 Å². The van der Waals surface area contributed by atoms with E-state index in [1.54, 1.807) is 0 Å². The van der Waals surface area contributed by atoms with Gasteiger partial charge < -0.3 is 9.73 Å². The van der Waals surface area contributed by atoms with Crippen LogP contribution < -0.4 is 5.32 Å². The molecule has 0 aliphatic rings. The van der Waals surface area contributed by atoms with Crippen molar-refractivity contribution in [2.45, 2.75) is 6.42 Å². The molecule has 5 heteroatoms. The molecule has 0 radical (unpaired) electrons. The van der Waals surface area contributed by atoms with E-state index in [1.807, 2.05) is 7.05 Å². The Morgan fingerprint density at radius 3 is 3.07 bits per heavy atom. The molecule has 0 saturated heterocycles. The van der Waals surface area contributed by atoms with E-state index in [9.17, 15) is 4.39 Å². The molecule has 1 N–H and O–H groups in total. The van der Waals surface area contributed by atoms with Gasteiger partial charge in [-0.05, 0) is 13.1 Å². The van der Waals surface area contributed by atoms with E-state index >= 15 is 0 Å². The van der Waals surface area contributed by atoms with E-state index in [4.69, 9.17) is 16.0 Å². The largest absolute Gasteiger partial charge is 0.441 e. The molecule has 0 unspecified atom stereocenters. The van der Waals surface area contributed by atoms with Gasteiger partial charge >= 0.3 is 0 Å². The van der Waals surface area contributed by atoms with Crippen molar-refractivity contribution in [2.24, 2.45) is 0 Å². The van der Waals surface area contributed by atoms with Crippen molar-refractivity contribution < 1.29 is 8.81 Å². The maximum Gasteiger partial charge on any atom is 0.196 e. The molecule has 2 aromatic rings. The number of likely N-dealkylation sites (N-methyl/N-ethyl adjacent to an activating group) is 1. The van der Waals surface area contributed by atoms with Gasteiger partial charge in [-0.15, -0.1) is 0 Å². The summed E-state index contributed by atoms with van der Waals surface area (Å²) >= 11 is 5.63. The molecule has 80 valence electrons. The first kappa shape index (κ1) is 10.4. The predicted molar refractivity (Wildman–Crippen MR) is 56.6 cm³/mol. The average molecular weight is 229 g/mol. The summed E-state index contributed by atoms with van der Waals surface area (Å²) in [4.78, 5) is 4.19. The molecule has 2 rings (SSSR count). The molecule has 0 aliphatic carbocycles. The van der Waals surface area contributed by atoms with Gasteiger partial charge in [0.05, 0.1) is 5.02 Å². The van der Waals surface area contributed by atoms with Crippen molar-refractivity contribution in [1.82, 2.24) is 10.3 Å². The highest BCUT2D eigenvalue weighted by molar-refractivity contribution is 6.31. The van der Waals surface area contributed by atoms with Crippen LogP contribution >= 0.6 is 11.6 Å². The lowest BCUT2D eigenvalue weighted by Gasteiger charge is -1.91. The van der Waals surface area contributed by atoms with Crippen LogP contribution in [0.15, 0.2) is 16.5 Å². The fourth-order valence-electron chi connectivity index (χ4n) is 1.31. The van der Waals surface area contributed by atoms with E-state index in [2.05, 4.69) is 10.3 Å². The molecule has 15 heavy (non-hydrogen) atoms. The van der Waals surface area contributed by atoms with Gasteiger partial charge in [0.1, 0.15) is 11.3 Å². The first-order chi connectivity index (χ1) is 7.20. The second kappa shape index (κ2) is 4.16. The van der Waals surface area contributed by atoms with Crippen molar-refractivity contribution in [3.8, 4) is 0 Å². The van der Waals surface area contributed by atoms with Crippen molar-refractivity contribution in [1.29, 1.82) is 0 Å². The Labute approximate surface area is 91.2 Å². The first-order valence-corrected chi connectivity index (χ1v) is 4.97. The van der Waals surface area contributed by atoms with Gasteiger partial charge in [-0.25, -0.2) is 9.37 Å². The Morgan fingerprint density at radius 2 is 2.33 bits per heavy atom. The summed E-state index contributed by atoms with van der Waals surface area (Å²) in [5.41, 5.74) is 1.02. The van der Waals surface area contributed by atoms with Crippen molar-refractivity contribution >= 4 is 22.7 Å². The summed E-state index contributed by atoms with van der Waals surface area (Å²) < 4.78 is 18.4.